The van der Waals surface area contributed by atoms with Gasteiger partial charge in [-0.05, 0) is 11.6 Å². The van der Waals surface area contributed by atoms with Gasteiger partial charge in [0.1, 0.15) is 0 Å². The molecule has 0 saturated carbocycles. The van der Waals surface area contributed by atoms with E-state index in [1.54, 1.807) is 6.20 Å². The average Bonchev–Trinajstić information content (AvgIpc) is 2.30. The maximum atomic E-state index is 5.93. The van der Waals surface area contributed by atoms with Crippen LogP contribution in [0.5, 0.6) is 0 Å². The van der Waals surface area contributed by atoms with E-state index in [1.807, 2.05) is 36.4 Å². The summed E-state index contributed by atoms with van der Waals surface area (Å²) in [4.78, 5) is 4.22. The van der Waals surface area contributed by atoms with Gasteiger partial charge >= 0.3 is 0 Å². The molecule has 2 aromatic rings. The van der Waals surface area contributed by atoms with Gasteiger partial charge in [0.05, 0.1) is 11.6 Å². The minimum Gasteiger partial charge on any atom is -0.398 e. The Hall–Kier alpha value is -1.54. The van der Waals surface area contributed by atoms with Gasteiger partial charge in [-0.1, -0.05) is 30.3 Å². The van der Waals surface area contributed by atoms with Crippen LogP contribution in [0.3, 0.4) is 0 Å². The van der Waals surface area contributed by atoms with Crippen molar-refractivity contribution < 1.29 is 0 Å². The van der Waals surface area contributed by atoms with Crippen LogP contribution in [0, 0.1) is 0 Å². The lowest BCUT2D eigenvalue weighted by molar-refractivity contribution is 1.17. The number of nitrogens with two attached hydrogens (primary N) is 1. The minimum atomic E-state index is 0.388. The fourth-order valence-electron chi connectivity index (χ4n) is 1.45. The van der Waals surface area contributed by atoms with Gasteiger partial charge in [-0.15, -0.1) is 11.6 Å². The molecule has 0 spiro atoms. The first-order valence-electron chi connectivity index (χ1n) is 4.67. The predicted molar refractivity (Wildman–Crippen MR) is 63.6 cm³/mol. The van der Waals surface area contributed by atoms with E-state index in [4.69, 9.17) is 17.3 Å². The summed E-state index contributed by atoms with van der Waals surface area (Å²) in [6.45, 7) is 0. The first-order chi connectivity index (χ1) is 7.31. The van der Waals surface area contributed by atoms with Crippen molar-refractivity contribution in [2.24, 2.45) is 0 Å². The zero-order chi connectivity index (χ0) is 10.7. The van der Waals surface area contributed by atoms with E-state index in [2.05, 4.69) is 4.98 Å². The van der Waals surface area contributed by atoms with Crippen molar-refractivity contribution in [2.45, 2.75) is 5.88 Å². The second-order valence-electron chi connectivity index (χ2n) is 3.26. The van der Waals surface area contributed by atoms with Crippen molar-refractivity contribution in [3.8, 4) is 11.1 Å². The number of alkyl halides is 1. The number of benzene rings is 1. The highest BCUT2D eigenvalue weighted by molar-refractivity contribution is 6.16. The smallest absolute Gasteiger partial charge is 0.0648 e. The third kappa shape index (κ3) is 2.10. The van der Waals surface area contributed by atoms with Gasteiger partial charge in [-0.25, -0.2) is 0 Å². The van der Waals surface area contributed by atoms with Crippen molar-refractivity contribution in [3.63, 3.8) is 0 Å². The topological polar surface area (TPSA) is 38.9 Å². The van der Waals surface area contributed by atoms with Crippen molar-refractivity contribution in [1.29, 1.82) is 0 Å². The molecular weight excluding hydrogens is 208 g/mol. The Balaban J connectivity index is 2.46. The Morgan fingerprint density at radius 1 is 1.20 bits per heavy atom. The number of halogens is 1. The summed E-state index contributed by atoms with van der Waals surface area (Å²) in [5.74, 6) is 0.388. The molecule has 0 aliphatic rings. The summed E-state index contributed by atoms with van der Waals surface area (Å²) < 4.78 is 0. The Labute approximate surface area is 93.7 Å². The lowest BCUT2D eigenvalue weighted by Crippen LogP contribution is -1.94. The zero-order valence-corrected chi connectivity index (χ0v) is 8.91. The number of hydrogen-bond donors (Lipinski definition) is 1. The van der Waals surface area contributed by atoms with Gasteiger partial charge in [-0.3, -0.25) is 4.98 Å². The van der Waals surface area contributed by atoms with E-state index in [9.17, 15) is 0 Å². The van der Waals surface area contributed by atoms with Gasteiger partial charge in [0.25, 0.3) is 0 Å². The lowest BCUT2D eigenvalue weighted by Gasteiger charge is -2.06. The Bertz CT molecular complexity index is 454. The Morgan fingerprint density at radius 2 is 1.93 bits per heavy atom. The minimum absolute atomic E-state index is 0.388. The molecule has 2 rings (SSSR count). The maximum Gasteiger partial charge on any atom is 0.0648 e. The van der Waals surface area contributed by atoms with Crippen molar-refractivity contribution in [2.75, 3.05) is 5.73 Å². The predicted octanol–water partition coefficient (Wildman–Crippen LogP) is 3.07. The van der Waals surface area contributed by atoms with Crippen LogP contribution in [-0.4, -0.2) is 4.98 Å². The molecular formula is C12H11ClN2. The molecule has 0 radical (unpaired) electrons. The molecule has 76 valence electrons. The molecule has 0 bridgehead atoms. The lowest BCUT2D eigenvalue weighted by atomic mass is 10.1. The molecule has 0 amide bonds. The quantitative estimate of drug-likeness (QED) is 0.787. The van der Waals surface area contributed by atoms with Crippen molar-refractivity contribution in [1.82, 2.24) is 4.98 Å². The van der Waals surface area contributed by atoms with Crippen LogP contribution in [0.4, 0.5) is 5.69 Å². The van der Waals surface area contributed by atoms with Crippen LogP contribution in [0.1, 0.15) is 5.69 Å². The third-order valence-electron chi connectivity index (χ3n) is 2.21. The number of pyridine rings is 1. The van der Waals surface area contributed by atoms with Crippen LogP contribution in [-0.2, 0) is 5.88 Å². The second kappa shape index (κ2) is 4.32. The first kappa shape index (κ1) is 9.99. The number of nitrogens with zero attached hydrogens (tertiary/aromatic N) is 1. The van der Waals surface area contributed by atoms with Crippen LogP contribution >= 0.6 is 11.6 Å². The SMILES string of the molecule is Nc1cc(CCl)ncc1-c1ccccc1. The van der Waals surface area contributed by atoms with Crippen LogP contribution in [0.2, 0.25) is 0 Å². The van der Waals surface area contributed by atoms with Gasteiger partial charge in [0.2, 0.25) is 0 Å². The summed E-state index contributed by atoms with van der Waals surface area (Å²) >= 11 is 5.68. The second-order valence-corrected chi connectivity index (χ2v) is 3.53. The fourth-order valence-corrected chi connectivity index (χ4v) is 1.59. The van der Waals surface area contributed by atoms with Crippen molar-refractivity contribution >= 4 is 17.3 Å². The van der Waals surface area contributed by atoms with E-state index in [0.717, 1.165) is 16.8 Å². The number of rotatable bonds is 2. The molecule has 1 aromatic heterocycles. The number of nitrogen functional groups attached to an aromatic ring is 1. The zero-order valence-electron chi connectivity index (χ0n) is 8.15. The third-order valence-corrected chi connectivity index (χ3v) is 2.49. The highest BCUT2D eigenvalue weighted by Crippen LogP contribution is 2.25. The molecule has 0 aliphatic carbocycles. The molecule has 15 heavy (non-hydrogen) atoms. The molecule has 0 unspecified atom stereocenters. The maximum absolute atomic E-state index is 5.93. The van der Waals surface area contributed by atoms with Gasteiger partial charge in [0.15, 0.2) is 0 Å². The van der Waals surface area contributed by atoms with E-state index >= 15 is 0 Å². The van der Waals surface area contributed by atoms with E-state index in [-0.39, 0.29) is 0 Å². The normalized spacial score (nSPS) is 10.2. The fraction of sp³-hybridized carbons (Fsp3) is 0.0833. The van der Waals surface area contributed by atoms with Crippen LogP contribution in [0.25, 0.3) is 11.1 Å². The molecule has 2 nitrogen and oxygen atoms in total. The Morgan fingerprint density at radius 3 is 2.53 bits per heavy atom. The molecule has 3 heteroatoms. The largest absolute Gasteiger partial charge is 0.398 e. The molecule has 2 N–H and O–H groups in total. The van der Waals surface area contributed by atoms with Gasteiger partial charge in [0, 0.05) is 17.4 Å². The highest BCUT2D eigenvalue weighted by atomic mass is 35.5. The standard InChI is InChI=1S/C12H11ClN2/c13-7-10-6-12(14)11(8-15-10)9-4-2-1-3-5-9/h1-6,8H,7H2,(H2,14,15). The van der Waals surface area contributed by atoms with Crippen LogP contribution < -0.4 is 5.73 Å². The summed E-state index contributed by atoms with van der Waals surface area (Å²) in [6, 6.07) is 11.8. The summed E-state index contributed by atoms with van der Waals surface area (Å²) in [5, 5.41) is 0. The molecule has 1 aromatic carbocycles. The van der Waals surface area contributed by atoms with E-state index in [1.165, 1.54) is 0 Å². The molecule has 0 atom stereocenters. The molecule has 1 heterocycles. The van der Waals surface area contributed by atoms with Gasteiger partial charge in [-0.2, -0.15) is 0 Å². The molecule has 0 aliphatic heterocycles. The average molecular weight is 219 g/mol. The summed E-state index contributed by atoms with van der Waals surface area (Å²) in [5.41, 5.74) is 9.47. The molecule has 0 fully saturated rings. The Kier molecular flexibility index (Phi) is 2.88. The van der Waals surface area contributed by atoms with Crippen LogP contribution in [0.15, 0.2) is 42.6 Å². The van der Waals surface area contributed by atoms with Crippen molar-refractivity contribution in [3.05, 3.63) is 48.3 Å². The number of aromatic nitrogens is 1. The van der Waals surface area contributed by atoms with E-state index < -0.39 is 0 Å². The molecule has 0 saturated heterocycles. The summed E-state index contributed by atoms with van der Waals surface area (Å²) in [6.07, 6.45) is 1.77. The number of hydrogen-bond acceptors (Lipinski definition) is 2. The van der Waals surface area contributed by atoms with Gasteiger partial charge < -0.3 is 5.73 Å². The monoisotopic (exact) mass is 218 g/mol. The van der Waals surface area contributed by atoms with E-state index in [0.29, 0.717) is 11.6 Å². The number of anilines is 1. The highest BCUT2D eigenvalue weighted by Gasteiger charge is 2.03. The first-order valence-corrected chi connectivity index (χ1v) is 5.20. The summed E-state index contributed by atoms with van der Waals surface area (Å²) in [7, 11) is 0.